The lowest BCUT2D eigenvalue weighted by Crippen LogP contribution is -2.67. The number of hydrogen-bond donors (Lipinski definition) is 8. The number of carboxylic acid groups (broad SMARTS) is 1. The molecule has 5 heterocycles. The molecule has 3 aromatic heterocycles. The Bertz CT molecular complexity index is 2440. The first-order valence-corrected chi connectivity index (χ1v) is 21.8. The minimum absolute atomic E-state index is 0.0310. The number of phosphoric ester groups is 2. The summed E-state index contributed by atoms with van der Waals surface area (Å²) >= 11 is 0. The molecule has 1 amide bonds. The molecule has 26 nitrogen and oxygen atoms in total. The number of amides is 1. The molecule has 2 saturated heterocycles. The van der Waals surface area contributed by atoms with Gasteiger partial charge in [-0.15, -0.1) is 6.58 Å². The maximum absolute atomic E-state index is 13.8. The van der Waals surface area contributed by atoms with E-state index in [9.17, 15) is 53.5 Å². The normalized spacial score (nSPS) is 25.7. The predicted molar refractivity (Wildman–Crippen MR) is 213 cm³/mol. The van der Waals surface area contributed by atoms with Crippen molar-refractivity contribution >= 4 is 50.3 Å². The standard InChI is InChI=1S/C35H45N9O17P2/c1-3-4-10-23(45)42(2)35(33(48)49,16-56-13-19-8-6-5-7-9-19)24-20(59-31(26(24)46)44-18-40-25-29(37)38-17-39-30(25)44)14-58-63(54,55)61-28-21(15-57-62(51,52)53)60-32(27(28)47)43-12-11-22(36)41-34(43)50/h3,5-9,11-12,17-18,20-21,24,26-28,31-32,46-47H,1,4,10,13-16H2,2H3,(H,48,49)(H,54,55)(H2,36,41,50)(H2,37,38,39)(H2,51,52,53)/t20?,21-,24?,26?,27-,28-,31?,32-,35+/m1/s1. The number of carbonyl (C=O) groups excluding carboxylic acids is 1. The van der Waals surface area contributed by atoms with Gasteiger partial charge in [0.05, 0.1) is 44.8 Å². The van der Waals surface area contributed by atoms with Gasteiger partial charge in [-0.1, -0.05) is 36.4 Å². The topological polar surface area (TPSA) is 379 Å². The Kier molecular flexibility index (Phi) is 14.6. The molecule has 2 aliphatic rings. The van der Waals surface area contributed by atoms with E-state index < -0.39 is 107 Å². The molecule has 4 aromatic rings. The number of ether oxygens (including phenoxy) is 3. The molecular formula is C35H45N9O17P2. The van der Waals surface area contributed by atoms with Crippen LogP contribution in [0.15, 0.2) is 72.7 Å². The first-order chi connectivity index (χ1) is 29.8. The average molecular weight is 926 g/mol. The van der Waals surface area contributed by atoms with Gasteiger partial charge < -0.3 is 60.6 Å². The molecule has 10 N–H and O–H groups in total. The lowest BCUT2D eigenvalue weighted by atomic mass is 9.76. The van der Waals surface area contributed by atoms with Crippen molar-refractivity contribution in [3.63, 3.8) is 0 Å². The highest BCUT2D eigenvalue weighted by molar-refractivity contribution is 7.47. The predicted octanol–water partition coefficient (Wildman–Crippen LogP) is -0.543. The average Bonchev–Trinajstić information content (AvgIpc) is 3.90. The van der Waals surface area contributed by atoms with Crippen LogP contribution < -0.4 is 17.2 Å². The van der Waals surface area contributed by atoms with Crippen molar-refractivity contribution in [2.75, 3.05) is 38.3 Å². The van der Waals surface area contributed by atoms with Crippen LogP contribution in [0.3, 0.4) is 0 Å². The lowest BCUT2D eigenvalue weighted by molar-refractivity contribution is -0.174. The van der Waals surface area contributed by atoms with Crippen LogP contribution in [0.4, 0.5) is 11.6 Å². The Morgan fingerprint density at radius 1 is 0.984 bits per heavy atom. The summed E-state index contributed by atoms with van der Waals surface area (Å²) in [6.45, 7) is 0.565. The largest absolute Gasteiger partial charge is 0.479 e. The van der Waals surface area contributed by atoms with Crippen molar-refractivity contribution in [3.05, 3.63) is 84.0 Å². The van der Waals surface area contributed by atoms with Gasteiger partial charge in [-0.2, -0.15) is 4.98 Å². The first kappa shape index (κ1) is 47.4. The lowest BCUT2D eigenvalue weighted by Gasteiger charge is -2.44. The fraction of sp³-hybridized carbons (Fsp3) is 0.457. The molecular weight excluding hydrogens is 880 g/mol. The van der Waals surface area contributed by atoms with Crippen molar-refractivity contribution in [3.8, 4) is 0 Å². The highest BCUT2D eigenvalue weighted by atomic mass is 31.2. The van der Waals surface area contributed by atoms with Gasteiger partial charge in [0.15, 0.2) is 29.5 Å². The van der Waals surface area contributed by atoms with Crippen molar-refractivity contribution in [1.82, 2.24) is 34.0 Å². The van der Waals surface area contributed by atoms with Gasteiger partial charge in [0.25, 0.3) is 0 Å². The Hall–Kier alpha value is -5.05. The summed E-state index contributed by atoms with van der Waals surface area (Å²) in [4.78, 5) is 86.8. The van der Waals surface area contributed by atoms with E-state index >= 15 is 0 Å². The highest BCUT2D eigenvalue weighted by Crippen LogP contribution is 2.51. The van der Waals surface area contributed by atoms with E-state index in [-0.39, 0.29) is 42.2 Å². The number of fused-ring (bicyclic) bond motifs is 1. The number of aromatic nitrogens is 6. The fourth-order valence-corrected chi connectivity index (χ4v) is 8.70. The van der Waals surface area contributed by atoms with Gasteiger partial charge in [0.1, 0.15) is 42.1 Å². The van der Waals surface area contributed by atoms with Gasteiger partial charge in [-0.3, -0.25) is 27.5 Å². The first-order valence-electron chi connectivity index (χ1n) is 18.8. The summed E-state index contributed by atoms with van der Waals surface area (Å²) in [6, 6.07) is 9.78. The number of imidazole rings is 1. The second-order valence-corrected chi connectivity index (χ2v) is 17.0. The van der Waals surface area contributed by atoms with Crippen LogP contribution in [0.2, 0.25) is 0 Å². The minimum atomic E-state index is -5.54. The van der Waals surface area contributed by atoms with Crippen LogP contribution in [0.5, 0.6) is 0 Å². The van der Waals surface area contributed by atoms with Crippen molar-refractivity contribution in [2.24, 2.45) is 5.92 Å². The second kappa shape index (κ2) is 19.4. The van der Waals surface area contributed by atoms with E-state index in [1.807, 2.05) is 0 Å². The quantitative estimate of drug-likeness (QED) is 0.0407. The van der Waals surface area contributed by atoms with E-state index in [1.54, 1.807) is 30.3 Å². The number of carbonyl (C=O) groups is 2. The smallest absolute Gasteiger partial charge is 0.472 e. The number of likely N-dealkylation sites (N-methyl/N-ethyl adjacent to an activating group) is 1. The Labute approximate surface area is 356 Å². The van der Waals surface area contributed by atoms with E-state index in [0.717, 1.165) is 28.1 Å². The number of nitrogens with zero attached hydrogens (tertiary/aromatic N) is 7. The van der Waals surface area contributed by atoms with Gasteiger partial charge in [-0.25, -0.2) is 33.7 Å². The second-order valence-electron chi connectivity index (χ2n) is 14.4. The number of aliphatic hydroxyl groups excluding tert-OH is 2. The van der Waals surface area contributed by atoms with Gasteiger partial charge in [0.2, 0.25) is 5.91 Å². The van der Waals surface area contributed by atoms with Crippen LogP contribution in [0.1, 0.15) is 30.9 Å². The maximum Gasteiger partial charge on any atom is 0.472 e. The molecule has 0 radical (unpaired) electrons. The fourth-order valence-electron chi connectivity index (χ4n) is 7.40. The number of benzene rings is 1. The van der Waals surface area contributed by atoms with Crippen molar-refractivity contribution < 1.29 is 76.5 Å². The molecule has 0 aliphatic carbocycles. The number of phosphoric acid groups is 2. The van der Waals surface area contributed by atoms with Gasteiger partial charge >= 0.3 is 27.3 Å². The molecule has 0 spiro atoms. The Morgan fingerprint density at radius 2 is 1.67 bits per heavy atom. The Balaban J connectivity index is 1.36. The number of nitrogen functional groups attached to an aromatic ring is 2. The summed E-state index contributed by atoms with van der Waals surface area (Å²) in [5, 5.41) is 34.7. The number of aliphatic hydroxyl groups is 2. The number of anilines is 2. The van der Waals surface area contributed by atoms with E-state index in [4.69, 9.17) is 34.7 Å². The third kappa shape index (κ3) is 10.3. The molecule has 10 atom stereocenters. The monoisotopic (exact) mass is 925 g/mol. The molecule has 0 bridgehead atoms. The number of nitrogens with two attached hydrogens (primary N) is 2. The zero-order valence-electron chi connectivity index (χ0n) is 33.2. The summed E-state index contributed by atoms with van der Waals surface area (Å²) < 4.78 is 60.4. The summed E-state index contributed by atoms with van der Waals surface area (Å²) in [5.74, 6) is -4.42. The highest BCUT2D eigenvalue weighted by Gasteiger charge is 2.63. The van der Waals surface area contributed by atoms with Crippen molar-refractivity contribution in [2.45, 2.75) is 68.0 Å². The third-order valence-corrected chi connectivity index (χ3v) is 11.9. The zero-order chi connectivity index (χ0) is 45.9. The maximum atomic E-state index is 13.8. The minimum Gasteiger partial charge on any atom is -0.479 e. The SMILES string of the molecule is C=CCCC(=O)N(C)[C@](COCc1ccccc1)(C(=O)O)C1C(COP(=O)(O)O[C@H]2[C@@H](O)[C@H](n3ccc(N)nc3=O)O[C@@H]2COP(=O)(O)O)OC(n2cnc3c(N)ncnc32)C1O. The van der Waals surface area contributed by atoms with Crippen LogP contribution >= 0.6 is 15.6 Å². The van der Waals surface area contributed by atoms with Crippen LogP contribution in [0.25, 0.3) is 11.2 Å². The number of carboxylic acids is 1. The molecule has 63 heavy (non-hydrogen) atoms. The molecule has 1 aromatic carbocycles. The summed E-state index contributed by atoms with van der Waals surface area (Å²) in [6.07, 6.45) is -8.07. The van der Waals surface area contributed by atoms with Crippen LogP contribution in [-0.4, -0.2) is 139 Å². The number of aliphatic carboxylic acids is 1. The molecule has 2 fully saturated rings. The van der Waals surface area contributed by atoms with Crippen LogP contribution in [-0.2, 0) is 53.1 Å². The molecule has 5 unspecified atom stereocenters. The van der Waals surface area contributed by atoms with Gasteiger partial charge in [-0.05, 0) is 18.1 Å². The number of allylic oxidation sites excluding steroid dienone is 1. The summed E-state index contributed by atoms with van der Waals surface area (Å²) in [7, 11) is -9.56. The number of hydrogen-bond acceptors (Lipinski definition) is 19. The number of rotatable bonds is 20. The molecule has 6 rings (SSSR count). The van der Waals surface area contributed by atoms with Crippen molar-refractivity contribution in [1.29, 1.82) is 0 Å². The molecule has 2 aliphatic heterocycles. The molecule has 0 saturated carbocycles. The van der Waals surface area contributed by atoms with E-state index in [1.165, 1.54) is 24.0 Å². The molecule has 342 valence electrons. The van der Waals surface area contributed by atoms with E-state index in [2.05, 4.69) is 31.0 Å². The Morgan fingerprint density at radius 3 is 2.33 bits per heavy atom. The van der Waals surface area contributed by atoms with Crippen LogP contribution in [0, 0.1) is 5.92 Å². The molecule has 28 heteroatoms. The van der Waals surface area contributed by atoms with Gasteiger partial charge in [0, 0.05) is 19.7 Å². The van der Waals surface area contributed by atoms with E-state index in [0.29, 0.717) is 5.56 Å². The summed E-state index contributed by atoms with van der Waals surface area (Å²) in [5.41, 5.74) is 8.72. The third-order valence-electron chi connectivity index (χ3n) is 10.4. The zero-order valence-corrected chi connectivity index (χ0v) is 35.0.